The SMILES string of the molecule is CCNC(Cc1ccc(O)cc1)C1CC2CCC1O2. The van der Waals surface area contributed by atoms with Gasteiger partial charge in [0.1, 0.15) is 5.75 Å². The van der Waals surface area contributed by atoms with Crippen molar-refractivity contribution in [2.24, 2.45) is 5.92 Å². The van der Waals surface area contributed by atoms with E-state index < -0.39 is 0 Å². The Labute approximate surface area is 115 Å². The Morgan fingerprint density at radius 1 is 1.32 bits per heavy atom. The smallest absolute Gasteiger partial charge is 0.115 e. The number of hydrogen-bond acceptors (Lipinski definition) is 3. The van der Waals surface area contributed by atoms with Gasteiger partial charge in [-0.25, -0.2) is 0 Å². The molecule has 0 aromatic heterocycles. The summed E-state index contributed by atoms with van der Waals surface area (Å²) in [7, 11) is 0. The van der Waals surface area contributed by atoms with Crippen molar-refractivity contribution in [1.82, 2.24) is 5.32 Å². The van der Waals surface area contributed by atoms with E-state index in [-0.39, 0.29) is 0 Å². The molecule has 2 aliphatic heterocycles. The fraction of sp³-hybridized carbons (Fsp3) is 0.625. The van der Waals surface area contributed by atoms with Crippen LogP contribution in [0.15, 0.2) is 24.3 Å². The highest BCUT2D eigenvalue weighted by Crippen LogP contribution is 2.41. The van der Waals surface area contributed by atoms with Crippen LogP contribution >= 0.6 is 0 Å². The van der Waals surface area contributed by atoms with Gasteiger partial charge in [0.05, 0.1) is 12.2 Å². The average molecular weight is 261 g/mol. The second-order valence-corrected chi connectivity index (χ2v) is 5.81. The number of ether oxygens (including phenoxy) is 1. The summed E-state index contributed by atoms with van der Waals surface area (Å²) in [6, 6.07) is 8.08. The van der Waals surface area contributed by atoms with Crippen LogP contribution in [0.4, 0.5) is 0 Å². The van der Waals surface area contributed by atoms with Crippen LogP contribution in [0.2, 0.25) is 0 Å². The molecule has 4 atom stereocenters. The van der Waals surface area contributed by atoms with E-state index in [1.807, 2.05) is 12.1 Å². The summed E-state index contributed by atoms with van der Waals surface area (Å²) >= 11 is 0. The van der Waals surface area contributed by atoms with Crippen LogP contribution in [-0.2, 0) is 11.2 Å². The molecule has 2 bridgehead atoms. The van der Waals surface area contributed by atoms with Crippen LogP contribution in [-0.4, -0.2) is 29.9 Å². The summed E-state index contributed by atoms with van der Waals surface area (Å²) in [5.74, 6) is 0.986. The van der Waals surface area contributed by atoms with Gasteiger partial charge >= 0.3 is 0 Å². The van der Waals surface area contributed by atoms with Gasteiger partial charge in [-0.2, -0.15) is 0 Å². The van der Waals surface area contributed by atoms with Crippen molar-refractivity contribution in [1.29, 1.82) is 0 Å². The van der Waals surface area contributed by atoms with Crippen molar-refractivity contribution in [2.45, 2.75) is 50.9 Å². The van der Waals surface area contributed by atoms with Gasteiger partial charge in [-0.1, -0.05) is 19.1 Å². The Bertz CT molecular complexity index is 417. The van der Waals surface area contributed by atoms with Crippen molar-refractivity contribution in [3.8, 4) is 5.75 Å². The van der Waals surface area contributed by atoms with Gasteiger partial charge in [0.2, 0.25) is 0 Å². The van der Waals surface area contributed by atoms with Crippen LogP contribution in [0, 0.1) is 5.92 Å². The number of phenols is 1. The lowest BCUT2D eigenvalue weighted by Gasteiger charge is -2.29. The van der Waals surface area contributed by atoms with Crippen LogP contribution in [0.1, 0.15) is 31.7 Å². The summed E-state index contributed by atoms with van der Waals surface area (Å²) in [6.45, 7) is 3.16. The predicted octanol–water partition coefficient (Wildman–Crippen LogP) is 2.48. The quantitative estimate of drug-likeness (QED) is 0.855. The molecule has 3 heteroatoms. The fourth-order valence-corrected chi connectivity index (χ4v) is 3.62. The zero-order chi connectivity index (χ0) is 13.2. The predicted molar refractivity (Wildman–Crippen MR) is 75.3 cm³/mol. The summed E-state index contributed by atoms with van der Waals surface area (Å²) in [4.78, 5) is 0. The first-order chi connectivity index (χ1) is 9.26. The Hall–Kier alpha value is -1.06. The number of benzene rings is 1. The van der Waals surface area contributed by atoms with Crippen molar-refractivity contribution in [2.75, 3.05) is 6.54 Å². The third-order valence-electron chi connectivity index (χ3n) is 4.53. The minimum atomic E-state index is 0.340. The molecular weight excluding hydrogens is 238 g/mol. The number of hydrogen-bond donors (Lipinski definition) is 2. The molecule has 3 rings (SSSR count). The maximum absolute atomic E-state index is 9.36. The van der Waals surface area contributed by atoms with Gasteiger partial charge in [0.15, 0.2) is 0 Å². The topological polar surface area (TPSA) is 41.5 Å². The molecule has 0 saturated carbocycles. The van der Waals surface area contributed by atoms with Gasteiger partial charge in [-0.3, -0.25) is 0 Å². The number of nitrogens with one attached hydrogen (secondary N) is 1. The number of likely N-dealkylation sites (N-methyl/N-ethyl adjacent to an activating group) is 1. The average Bonchev–Trinajstić information content (AvgIpc) is 3.03. The van der Waals surface area contributed by atoms with Gasteiger partial charge in [0, 0.05) is 12.0 Å². The highest BCUT2D eigenvalue weighted by Gasteiger charge is 2.43. The molecule has 0 aliphatic carbocycles. The first-order valence-electron chi connectivity index (χ1n) is 7.43. The Balaban J connectivity index is 1.68. The Morgan fingerprint density at radius 2 is 2.11 bits per heavy atom. The van der Waals surface area contributed by atoms with Crippen molar-refractivity contribution in [3.63, 3.8) is 0 Å². The third-order valence-corrected chi connectivity index (χ3v) is 4.53. The molecule has 3 nitrogen and oxygen atoms in total. The first kappa shape index (κ1) is 12.9. The molecule has 0 radical (unpaired) electrons. The zero-order valence-corrected chi connectivity index (χ0v) is 11.5. The molecule has 19 heavy (non-hydrogen) atoms. The second kappa shape index (κ2) is 5.51. The Morgan fingerprint density at radius 3 is 2.68 bits per heavy atom. The van der Waals surface area contributed by atoms with Crippen molar-refractivity contribution >= 4 is 0 Å². The lowest BCUT2D eigenvalue weighted by atomic mass is 9.81. The van der Waals surface area contributed by atoms with Gasteiger partial charge in [0.25, 0.3) is 0 Å². The summed E-state index contributed by atoms with van der Waals surface area (Å²) in [5.41, 5.74) is 1.28. The lowest BCUT2D eigenvalue weighted by molar-refractivity contribution is 0.0858. The summed E-state index contributed by atoms with van der Waals surface area (Å²) in [6.07, 6.45) is 5.68. The number of rotatable bonds is 5. The molecule has 1 aromatic carbocycles. The van der Waals surface area contributed by atoms with Crippen molar-refractivity contribution < 1.29 is 9.84 Å². The van der Waals surface area contributed by atoms with E-state index in [1.165, 1.54) is 24.8 Å². The molecular formula is C16H23NO2. The van der Waals surface area contributed by atoms with E-state index in [0.29, 0.717) is 29.9 Å². The first-order valence-corrected chi connectivity index (χ1v) is 7.43. The third kappa shape index (κ3) is 2.77. The minimum Gasteiger partial charge on any atom is -0.508 e. The molecule has 1 aromatic rings. The molecule has 2 heterocycles. The van der Waals surface area contributed by atoms with Gasteiger partial charge < -0.3 is 15.2 Å². The largest absolute Gasteiger partial charge is 0.508 e. The van der Waals surface area contributed by atoms with E-state index >= 15 is 0 Å². The fourth-order valence-electron chi connectivity index (χ4n) is 3.62. The number of aromatic hydroxyl groups is 1. The van der Waals surface area contributed by atoms with Crippen LogP contribution in [0.25, 0.3) is 0 Å². The van der Waals surface area contributed by atoms with E-state index in [2.05, 4.69) is 12.2 Å². The zero-order valence-electron chi connectivity index (χ0n) is 11.5. The standard InChI is InChI=1S/C16H23NO2/c1-2-17-15(9-11-3-5-12(18)6-4-11)14-10-13-7-8-16(14)19-13/h3-6,13-18H,2,7-10H2,1H3. The molecule has 0 amide bonds. The molecule has 0 spiro atoms. The summed E-state index contributed by atoms with van der Waals surface area (Å²) < 4.78 is 5.99. The van der Waals surface area contributed by atoms with Gasteiger partial charge in [-0.15, -0.1) is 0 Å². The normalized spacial score (nSPS) is 30.7. The second-order valence-electron chi connectivity index (χ2n) is 5.81. The maximum atomic E-state index is 9.36. The summed E-state index contributed by atoms with van der Waals surface area (Å²) in [5, 5.41) is 13.0. The van der Waals surface area contributed by atoms with Crippen LogP contribution < -0.4 is 5.32 Å². The van der Waals surface area contributed by atoms with Gasteiger partial charge in [-0.05, 0) is 49.9 Å². The van der Waals surface area contributed by atoms with Crippen LogP contribution in [0.3, 0.4) is 0 Å². The molecule has 2 N–H and O–H groups in total. The molecule has 2 aliphatic rings. The number of fused-ring (bicyclic) bond motifs is 2. The highest BCUT2D eigenvalue weighted by atomic mass is 16.5. The molecule has 104 valence electrons. The van der Waals surface area contributed by atoms with E-state index in [0.717, 1.165) is 13.0 Å². The molecule has 4 unspecified atom stereocenters. The highest BCUT2D eigenvalue weighted by molar-refractivity contribution is 5.26. The monoisotopic (exact) mass is 261 g/mol. The van der Waals surface area contributed by atoms with Crippen LogP contribution in [0.5, 0.6) is 5.75 Å². The lowest BCUT2D eigenvalue weighted by Crippen LogP contribution is -2.42. The van der Waals surface area contributed by atoms with Crippen molar-refractivity contribution in [3.05, 3.63) is 29.8 Å². The molecule has 2 saturated heterocycles. The van der Waals surface area contributed by atoms with E-state index in [1.54, 1.807) is 12.1 Å². The van der Waals surface area contributed by atoms with E-state index in [9.17, 15) is 5.11 Å². The number of phenolic OH excluding ortho intramolecular Hbond substituents is 1. The Kier molecular flexibility index (Phi) is 3.76. The maximum Gasteiger partial charge on any atom is 0.115 e. The van der Waals surface area contributed by atoms with E-state index in [4.69, 9.17) is 4.74 Å². The molecule has 2 fully saturated rings. The minimum absolute atomic E-state index is 0.340.